The Morgan fingerprint density at radius 1 is 1.12 bits per heavy atom. The summed E-state index contributed by atoms with van der Waals surface area (Å²) in [6.45, 7) is 2.53. The quantitative estimate of drug-likeness (QED) is 0.596. The molecule has 0 radical (unpaired) electrons. The highest BCUT2D eigenvalue weighted by Crippen LogP contribution is 2.27. The molecule has 2 aromatic carbocycles. The van der Waals surface area contributed by atoms with Crippen molar-refractivity contribution in [3.05, 3.63) is 76.6 Å². The smallest absolute Gasteiger partial charge is 0.264 e. The molecule has 1 aliphatic heterocycles. The van der Waals surface area contributed by atoms with E-state index in [-0.39, 0.29) is 23.8 Å². The van der Waals surface area contributed by atoms with Gasteiger partial charge in [-0.15, -0.1) is 0 Å². The van der Waals surface area contributed by atoms with Crippen molar-refractivity contribution in [3.63, 3.8) is 0 Å². The van der Waals surface area contributed by atoms with Crippen LogP contribution in [-0.2, 0) is 16.0 Å². The molecular formula is C25H26N4O3. The Hall–Kier alpha value is -3.74. The third kappa shape index (κ3) is 4.94. The lowest BCUT2D eigenvalue weighted by Crippen LogP contribution is -2.28. The summed E-state index contributed by atoms with van der Waals surface area (Å²) in [4.78, 5) is 38.3. The summed E-state index contributed by atoms with van der Waals surface area (Å²) in [5.41, 5.74) is 3.80. The molecule has 1 fully saturated rings. The van der Waals surface area contributed by atoms with Crippen LogP contribution in [0.3, 0.4) is 0 Å². The van der Waals surface area contributed by atoms with E-state index in [1.165, 1.54) is 11.6 Å². The Balaban J connectivity index is 1.41. The van der Waals surface area contributed by atoms with Gasteiger partial charge in [-0.25, -0.2) is 5.10 Å². The molecule has 7 heteroatoms. The Bertz CT molecular complexity index is 1150. The highest BCUT2D eigenvalue weighted by atomic mass is 16.2. The highest BCUT2D eigenvalue weighted by Gasteiger charge is 2.35. The highest BCUT2D eigenvalue weighted by molar-refractivity contribution is 6.03. The van der Waals surface area contributed by atoms with Gasteiger partial charge in [-0.05, 0) is 48.7 Å². The molecule has 4 rings (SSSR count). The number of rotatable bonds is 7. The normalized spacial score (nSPS) is 15.7. The third-order valence-electron chi connectivity index (χ3n) is 5.67. The van der Waals surface area contributed by atoms with Crippen LogP contribution in [0.1, 0.15) is 31.7 Å². The zero-order chi connectivity index (χ0) is 22.5. The number of unbranched alkanes of at least 4 members (excludes halogenated alkanes) is 1. The van der Waals surface area contributed by atoms with Crippen LogP contribution in [0, 0.1) is 5.92 Å². The molecule has 2 amide bonds. The average molecular weight is 431 g/mol. The largest absolute Gasteiger partial charge is 0.326 e. The van der Waals surface area contributed by atoms with Gasteiger partial charge >= 0.3 is 0 Å². The van der Waals surface area contributed by atoms with Gasteiger partial charge in [0.1, 0.15) is 0 Å². The number of hydrogen-bond donors (Lipinski definition) is 2. The summed E-state index contributed by atoms with van der Waals surface area (Å²) >= 11 is 0. The van der Waals surface area contributed by atoms with Gasteiger partial charge in [-0.2, -0.15) is 5.10 Å². The van der Waals surface area contributed by atoms with E-state index in [2.05, 4.69) is 34.6 Å². The summed E-state index contributed by atoms with van der Waals surface area (Å²) in [6, 6.07) is 18.3. The van der Waals surface area contributed by atoms with E-state index in [1.807, 2.05) is 24.3 Å². The van der Waals surface area contributed by atoms with Crippen LogP contribution >= 0.6 is 0 Å². The molecule has 32 heavy (non-hydrogen) atoms. The maximum absolute atomic E-state index is 12.8. The van der Waals surface area contributed by atoms with Gasteiger partial charge in [0.15, 0.2) is 0 Å². The number of aryl methyl sites for hydroxylation is 1. The summed E-state index contributed by atoms with van der Waals surface area (Å²) in [5, 5.41) is 9.34. The Kier molecular flexibility index (Phi) is 6.44. The van der Waals surface area contributed by atoms with Gasteiger partial charge in [0.25, 0.3) is 5.56 Å². The minimum atomic E-state index is -0.419. The van der Waals surface area contributed by atoms with Crippen LogP contribution in [0.4, 0.5) is 11.4 Å². The summed E-state index contributed by atoms with van der Waals surface area (Å²) in [7, 11) is 0. The fraction of sp³-hybridized carbons (Fsp3) is 0.280. The maximum atomic E-state index is 12.8. The molecule has 0 bridgehead atoms. The van der Waals surface area contributed by atoms with Crippen molar-refractivity contribution in [2.45, 2.75) is 32.6 Å². The van der Waals surface area contributed by atoms with Crippen LogP contribution in [0.2, 0.25) is 0 Å². The number of hydrogen-bond acceptors (Lipinski definition) is 4. The predicted octanol–water partition coefficient (Wildman–Crippen LogP) is 3.77. The van der Waals surface area contributed by atoms with E-state index < -0.39 is 5.92 Å². The van der Waals surface area contributed by atoms with Crippen LogP contribution in [0.15, 0.2) is 65.5 Å². The summed E-state index contributed by atoms with van der Waals surface area (Å²) < 4.78 is 0. The number of carbonyl (C=O) groups excluding carboxylic acids is 2. The van der Waals surface area contributed by atoms with E-state index >= 15 is 0 Å². The van der Waals surface area contributed by atoms with Crippen LogP contribution in [-0.4, -0.2) is 28.6 Å². The number of carbonyl (C=O) groups is 2. The lowest BCUT2D eigenvalue weighted by molar-refractivity contribution is -0.122. The molecule has 1 saturated heterocycles. The fourth-order valence-electron chi connectivity index (χ4n) is 3.86. The van der Waals surface area contributed by atoms with Crippen molar-refractivity contribution in [1.29, 1.82) is 0 Å². The van der Waals surface area contributed by atoms with Crippen molar-refractivity contribution in [2.24, 2.45) is 5.92 Å². The number of nitrogens with one attached hydrogen (secondary N) is 2. The van der Waals surface area contributed by atoms with Gasteiger partial charge in [0, 0.05) is 36.0 Å². The molecule has 1 atom stereocenters. The van der Waals surface area contributed by atoms with Gasteiger partial charge in [0.05, 0.1) is 11.6 Å². The molecule has 3 aromatic rings. The second kappa shape index (κ2) is 9.60. The first-order chi connectivity index (χ1) is 15.5. The SMILES string of the molecule is CCCCc1ccc(N2CC(C(=O)Nc3cccc(-c4ccc(=O)[nH]n4)c3)CC2=O)cc1. The first kappa shape index (κ1) is 21.5. The lowest BCUT2D eigenvalue weighted by Gasteiger charge is -2.17. The number of aromatic amines is 1. The van der Waals surface area contributed by atoms with Gasteiger partial charge in [-0.3, -0.25) is 14.4 Å². The van der Waals surface area contributed by atoms with Crippen molar-refractivity contribution in [3.8, 4) is 11.3 Å². The third-order valence-corrected chi connectivity index (χ3v) is 5.67. The average Bonchev–Trinajstić information content (AvgIpc) is 3.20. The number of H-pyrrole nitrogens is 1. The van der Waals surface area contributed by atoms with E-state index in [4.69, 9.17) is 0 Å². The molecule has 1 unspecified atom stereocenters. The molecule has 2 N–H and O–H groups in total. The van der Waals surface area contributed by atoms with Crippen molar-refractivity contribution >= 4 is 23.2 Å². The van der Waals surface area contributed by atoms with Crippen LogP contribution in [0.5, 0.6) is 0 Å². The Labute approximate surface area is 186 Å². The van der Waals surface area contributed by atoms with Crippen molar-refractivity contribution < 1.29 is 9.59 Å². The number of aromatic nitrogens is 2. The topological polar surface area (TPSA) is 95.2 Å². The van der Waals surface area contributed by atoms with Gasteiger partial charge < -0.3 is 10.2 Å². The van der Waals surface area contributed by atoms with Gasteiger partial charge in [0.2, 0.25) is 11.8 Å². The monoisotopic (exact) mass is 430 g/mol. The molecule has 0 spiro atoms. The summed E-state index contributed by atoms with van der Waals surface area (Å²) in [6.07, 6.45) is 3.51. The molecule has 1 aromatic heterocycles. The minimum Gasteiger partial charge on any atom is -0.326 e. The van der Waals surface area contributed by atoms with E-state index in [0.717, 1.165) is 30.5 Å². The van der Waals surface area contributed by atoms with Gasteiger partial charge in [-0.1, -0.05) is 37.6 Å². The molecular weight excluding hydrogens is 404 g/mol. The van der Waals surface area contributed by atoms with Crippen LogP contribution in [0.25, 0.3) is 11.3 Å². The molecule has 0 saturated carbocycles. The Morgan fingerprint density at radius 3 is 2.66 bits per heavy atom. The second-order valence-electron chi connectivity index (χ2n) is 8.05. The number of anilines is 2. The first-order valence-corrected chi connectivity index (χ1v) is 10.9. The lowest BCUT2D eigenvalue weighted by atomic mass is 10.1. The number of amides is 2. The first-order valence-electron chi connectivity index (χ1n) is 10.9. The molecule has 7 nitrogen and oxygen atoms in total. The summed E-state index contributed by atoms with van der Waals surface area (Å²) in [5.74, 6) is -0.651. The molecule has 1 aliphatic rings. The fourth-order valence-corrected chi connectivity index (χ4v) is 3.86. The van der Waals surface area contributed by atoms with Crippen molar-refractivity contribution in [2.75, 3.05) is 16.8 Å². The van der Waals surface area contributed by atoms with Crippen LogP contribution < -0.4 is 15.8 Å². The van der Waals surface area contributed by atoms with E-state index in [0.29, 0.717) is 17.9 Å². The van der Waals surface area contributed by atoms with E-state index in [9.17, 15) is 14.4 Å². The second-order valence-corrected chi connectivity index (χ2v) is 8.05. The zero-order valence-electron chi connectivity index (χ0n) is 18.0. The molecule has 164 valence electrons. The number of nitrogens with zero attached hydrogens (tertiary/aromatic N) is 2. The number of benzene rings is 2. The minimum absolute atomic E-state index is 0.0438. The van der Waals surface area contributed by atoms with Crippen molar-refractivity contribution in [1.82, 2.24) is 10.2 Å². The zero-order valence-corrected chi connectivity index (χ0v) is 18.0. The molecule has 2 heterocycles. The Morgan fingerprint density at radius 2 is 1.94 bits per heavy atom. The predicted molar refractivity (Wildman–Crippen MR) is 124 cm³/mol. The molecule has 0 aliphatic carbocycles. The standard InChI is InChI=1S/C25H26N4O3/c1-2-3-5-17-8-10-21(11-9-17)29-16-19(15-24(29)31)25(32)26-20-7-4-6-18(14-20)22-12-13-23(30)28-27-22/h4,6-14,19H,2-3,5,15-16H2,1H3,(H,26,32)(H,28,30). The van der Waals surface area contributed by atoms with E-state index in [1.54, 1.807) is 23.1 Å². The maximum Gasteiger partial charge on any atom is 0.264 e.